The molecule has 1 aromatic rings. The summed E-state index contributed by atoms with van der Waals surface area (Å²) in [7, 11) is 0. The number of benzene rings is 1. The summed E-state index contributed by atoms with van der Waals surface area (Å²) in [5, 5.41) is 2.64. The Morgan fingerprint density at radius 1 is 1.29 bits per heavy atom. The minimum atomic E-state index is -0.865. The second kappa shape index (κ2) is 7.20. The Morgan fingerprint density at radius 3 is 2.57 bits per heavy atom. The lowest BCUT2D eigenvalue weighted by Crippen LogP contribution is -2.46. The van der Waals surface area contributed by atoms with Gasteiger partial charge in [-0.05, 0) is 30.4 Å². The standard InChI is InChI=1S/C16H21FN2O2/c17-13-8-4-3-7-12(13)10-14(16(18)21)19-15(20)9-11-5-1-2-6-11/h3-4,7-8,11,14H,1-2,5-6,9-10H2,(H2,18,21)(H,19,20)/t14-/m1/s1. The van der Waals surface area contributed by atoms with Crippen LogP contribution in [0.25, 0.3) is 0 Å². The van der Waals surface area contributed by atoms with Gasteiger partial charge in [0.1, 0.15) is 11.9 Å². The van der Waals surface area contributed by atoms with Crippen molar-refractivity contribution in [3.8, 4) is 0 Å². The molecule has 114 valence electrons. The van der Waals surface area contributed by atoms with Crippen molar-refractivity contribution >= 4 is 11.8 Å². The number of rotatable bonds is 6. The lowest BCUT2D eigenvalue weighted by Gasteiger charge is -2.17. The third-order valence-electron chi connectivity index (χ3n) is 4.01. The Kier molecular flexibility index (Phi) is 5.31. The van der Waals surface area contributed by atoms with Crippen LogP contribution in [-0.2, 0) is 16.0 Å². The van der Waals surface area contributed by atoms with Gasteiger partial charge < -0.3 is 11.1 Å². The fourth-order valence-electron chi connectivity index (χ4n) is 2.84. The fourth-order valence-corrected chi connectivity index (χ4v) is 2.84. The van der Waals surface area contributed by atoms with E-state index in [1.807, 2.05) is 0 Å². The summed E-state index contributed by atoms with van der Waals surface area (Å²) in [5.41, 5.74) is 5.69. The summed E-state index contributed by atoms with van der Waals surface area (Å²) in [6.07, 6.45) is 4.93. The van der Waals surface area contributed by atoms with Gasteiger partial charge in [0, 0.05) is 12.8 Å². The van der Waals surface area contributed by atoms with E-state index in [-0.39, 0.29) is 12.3 Å². The smallest absolute Gasteiger partial charge is 0.240 e. The molecule has 2 amide bonds. The van der Waals surface area contributed by atoms with E-state index in [4.69, 9.17) is 5.73 Å². The second-order valence-electron chi connectivity index (χ2n) is 5.67. The maximum atomic E-state index is 13.6. The molecule has 4 nitrogen and oxygen atoms in total. The highest BCUT2D eigenvalue weighted by Crippen LogP contribution is 2.27. The molecule has 2 rings (SSSR count). The van der Waals surface area contributed by atoms with Gasteiger partial charge in [-0.2, -0.15) is 0 Å². The van der Waals surface area contributed by atoms with Crippen LogP contribution in [0.5, 0.6) is 0 Å². The molecule has 1 aromatic carbocycles. The molecule has 0 spiro atoms. The van der Waals surface area contributed by atoms with Crippen LogP contribution in [0, 0.1) is 11.7 Å². The van der Waals surface area contributed by atoms with E-state index in [9.17, 15) is 14.0 Å². The van der Waals surface area contributed by atoms with Crippen molar-refractivity contribution in [2.45, 2.75) is 44.6 Å². The molecule has 0 radical (unpaired) electrons. The first kappa shape index (κ1) is 15.5. The van der Waals surface area contributed by atoms with Crippen LogP contribution in [0.15, 0.2) is 24.3 Å². The summed E-state index contributed by atoms with van der Waals surface area (Å²) in [4.78, 5) is 23.4. The van der Waals surface area contributed by atoms with Crippen molar-refractivity contribution in [2.24, 2.45) is 11.7 Å². The molecule has 0 heterocycles. The Labute approximate surface area is 123 Å². The third kappa shape index (κ3) is 4.55. The normalized spacial score (nSPS) is 16.6. The van der Waals surface area contributed by atoms with Crippen LogP contribution in [-0.4, -0.2) is 17.9 Å². The molecule has 0 bridgehead atoms. The lowest BCUT2D eigenvalue weighted by molar-refractivity contribution is -0.127. The van der Waals surface area contributed by atoms with Crippen molar-refractivity contribution in [3.05, 3.63) is 35.6 Å². The zero-order chi connectivity index (χ0) is 15.2. The molecule has 1 saturated carbocycles. The number of hydrogen-bond donors (Lipinski definition) is 2. The number of carbonyl (C=O) groups is 2. The van der Waals surface area contributed by atoms with Crippen LogP contribution in [0.4, 0.5) is 4.39 Å². The quantitative estimate of drug-likeness (QED) is 0.840. The van der Waals surface area contributed by atoms with Crippen molar-refractivity contribution in [3.63, 3.8) is 0 Å². The molecule has 0 aromatic heterocycles. The van der Waals surface area contributed by atoms with Crippen molar-refractivity contribution in [2.75, 3.05) is 0 Å². The summed E-state index contributed by atoms with van der Waals surface area (Å²) in [6.45, 7) is 0. The first-order valence-corrected chi connectivity index (χ1v) is 7.38. The zero-order valence-electron chi connectivity index (χ0n) is 12.0. The monoisotopic (exact) mass is 292 g/mol. The third-order valence-corrected chi connectivity index (χ3v) is 4.01. The average molecular weight is 292 g/mol. The number of carbonyl (C=O) groups excluding carboxylic acids is 2. The van der Waals surface area contributed by atoms with Gasteiger partial charge in [0.05, 0.1) is 0 Å². The highest BCUT2D eigenvalue weighted by Gasteiger charge is 2.23. The molecule has 0 aliphatic heterocycles. The Bertz CT molecular complexity index is 513. The van der Waals surface area contributed by atoms with E-state index in [0.29, 0.717) is 17.9 Å². The Balaban J connectivity index is 1.94. The largest absolute Gasteiger partial charge is 0.368 e. The fraction of sp³-hybridized carbons (Fsp3) is 0.500. The SMILES string of the molecule is NC(=O)[C@@H](Cc1ccccc1F)NC(=O)CC1CCCC1. The minimum absolute atomic E-state index is 0.0818. The molecule has 21 heavy (non-hydrogen) atoms. The van der Waals surface area contributed by atoms with Crippen LogP contribution >= 0.6 is 0 Å². The van der Waals surface area contributed by atoms with Gasteiger partial charge in [-0.1, -0.05) is 31.0 Å². The van der Waals surface area contributed by atoms with Gasteiger partial charge >= 0.3 is 0 Å². The number of hydrogen-bond acceptors (Lipinski definition) is 2. The second-order valence-corrected chi connectivity index (χ2v) is 5.67. The Morgan fingerprint density at radius 2 is 1.95 bits per heavy atom. The molecule has 5 heteroatoms. The molecule has 3 N–H and O–H groups in total. The molecule has 1 aliphatic rings. The molecule has 1 fully saturated rings. The molecular weight excluding hydrogens is 271 g/mol. The van der Waals surface area contributed by atoms with E-state index in [2.05, 4.69) is 5.32 Å². The van der Waals surface area contributed by atoms with E-state index in [1.165, 1.54) is 6.07 Å². The van der Waals surface area contributed by atoms with Crippen LogP contribution in [0.3, 0.4) is 0 Å². The maximum Gasteiger partial charge on any atom is 0.240 e. The van der Waals surface area contributed by atoms with E-state index >= 15 is 0 Å². The zero-order valence-corrected chi connectivity index (χ0v) is 12.0. The Hall–Kier alpha value is -1.91. The number of amides is 2. The minimum Gasteiger partial charge on any atom is -0.368 e. The van der Waals surface area contributed by atoms with Crippen LogP contribution < -0.4 is 11.1 Å². The first-order chi connectivity index (χ1) is 10.1. The summed E-state index contributed by atoms with van der Waals surface area (Å²) in [6, 6.07) is 5.33. The van der Waals surface area contributed by atoms with Crippen molar-refractivity contribution in [1.29, 1.82) is 0 Å². The lowest BCUT2D eigenvalue weighted by atomic mass is 10.0. The molecule has 1 aliphatic carbocycles. The summed E-state index contributed by atoms with van der Waals surface area (Å²) in [5.74, 6) is -0.819. The van der Waals surface area contributed by atoms with Crippen LogP contribution in [0.2, 0.25) is 0 Å². The molecule has 0 saturated heterocycles. The van der Waals surface area contributed by atoms with Gasteiger partial charge in [0.25, 0.3) is 0 Å². The van der Waals surface area contributed by atoms with E-state index < -0.39 is 17.8 Å². The molecular formula is C16H21FN2O2. The van der Waals surface area contributed by atoms with Gasteiger partial charge in [0.15, 0.2) is 0 Å². The predicted octanol–water partition coefficient (Wildman–Crippen LogP) is 1.92. The van der Waals surface area contributed by atoms with Gasteiger partial charge in [0.2, 0.25) is 11.8 Å². The molecule has 0 unspecified atom stereocenters. The van der Waals surface area contributed by atoms with Gasteiger partial charge in [-0.3, -0.25) is 9.59 Å². The summed E-state index contributed by atoms with van der Waals surface area (Å²) >= 11 is 0. The number of primary amides is 1. The number of nitrogens with one attached hydrogen (secondary N) is 1. The maximum absolute atomic E-state index is 13.6. The highest BCUT2D eigenvalue weighted by atomic mass is 19.1. The number of halogens is 1. The van der Waals surface area contributed by atoms with E-state index in [1.54, 1.807) is 18.2 Å². The van der Waals surface area contributed by atoms with Gasteiger partial charge in [-0.15, -0.1) is 0 Å². The predicted molar refractivity (Wildman–Crippen MR) is 77.8 cm³/mol. The van der Waals surface area contributed by atoms with Crippen LogP contribution in [0.1, 0.15) is 37.7 Å². The van der Waals surface area contributed by atoms with Crippen molar-refractivity contribution < 1.29 is 14.0 Å². The highest BCUT2D eigenvalue weighted by molar-refractivity contribution is 5.86. The molecule has 1 atom stereocenters. The van der Waals surface area contributed by atoms with Gasteiger partial charge in [-0.25, -0.2) is 4.39 Å². The number of nitrogens with two attached hydrogens (primary N) is 1. The van der Waals surface area contributed by atoms with Crippen molar-refractivity contribution in [1.82, 2.24) is 5.32 Å². The first-order valence-electron chi connectivity index (χ1n) is 7.38. The average Bonchev–Trinajstić information content (AvgIpc) is 2.93. The summed E-state index contributed by atoms with van der Waals surface area (Å²) < 4.78 is 13.6. The van der Waals surface area contributed by atoms with E-state index in [0.717, 1.165) is 25.7 Å². The topological polar surface area (TPSA) is 72.2 Å².